The number of anilines is 1. The topological polar surface area (TPSA) is 127 Å². The van der Waals surface area contributed by atoms with Gasteiger partial charge in [0.2, 0.25) is 0 Å². The summed E-state index contributed by atoms with van der Waals surface area (Å²) < 4.78 is 31.6. The molecule has 2 heterocycles. The predicted octanol–water partition coefficient (Wildman–Crippen LogP) is -0.637. The Bertz CT molecular complexity index is 738. The first-order chi connectivity index (χ1) is 10.3. The monoisotopic (exact) mass is 351 g/mol. The van der Waals surface area contributed by atoms with Gasteiger partial charge in [-0.15, -0.1) is 0 Å². The van der Waals surface area contributed by atoms with Gasteiger partial charge >= 0.3 is 45.9 Å². The molecule has 9 nitrogen and oxygen atoms in total. The zero-order valence-corrected chi connectivity index (χ0v) is 12.0. The van der Waals surface area contributed by atoms with Crippen molar-refractivity contribution >= 4 is 57.5 Å². The number of fused-ring (bicyclic) bond motifs is 1. The fourth-order valence-electron chi connectivity index (χ4n) is 2.78. The molecule has 2 aliphatic heterocycles. The number of benzene rings is 1. The summed E-state index contributed by atoms with van der Waals surface area (Å²) in [5, 5.41) is 11.7. The summed E-state index contributed by atoms with van der Waals surface area (Å²) in [6.45, 7) is 0.205. The van der Waals surface area contributed by atoms with E-state index in [0.29, 0.717) is 9.99 Å². The third kappa shape index (κ3) is 3.17. The van der Waals surface area contributed by atoms with Crippen molar-refractivity contribution < 1.29 is 27.7 Å². The first-order valence-corrected chi connectivity index (χ1v) is 7.86. The fourth-order valence-corrected chi connectivity index (χ4v) is 3.68. The van der Waals surface area contributed by atoms with Crippen LogP contribution >= 0.6 is 0 Å². The third-order valence-corrected chi connectivity index (χ3v) is 4.71. The van der Waals surface area contributed by atoms with E-state index in [1.807, 2.05) is 0 Å². The summed E-state index contributed by atoms with van der Waals surface area (Å²) in [4.78, 5) is 25.2. The van der Waals surface area contributed by atoms with Gasteiger partial charge in [-0.3, -0.25) is 9.35 Å². The molecule has 2 atom stereocenters. The first kappa shape index (κ1) is 18.0. The Balaban J connectivity index is 0.00000192. The van der Waals surface area contributed by atoms with E-state index in [-0.39, 0.29) is 48.3 Å². The van der Waals surface area contributed by atoms with Crippen LogP contribution in [0.15, 0.2) is 24.3 Å². The van der Waals surface area contributed by atoms with Gasteiger partial charge in [-0.1, -0.05) is 0 Å². The van der Waals surface area contributed by atoms with Gasteiger partial charge in [0.1, 0.15) is 11.8 Å². The molecule has 0 bridgehead atoms. The van der Waals surface area contributed by atoms with Gasteiger partial charge in [-0.25, -0.2) is 9.10 Å². The van der Waals surface area contributed by atoms with Crippen molar-refractivity contribution in [3.63, 3.8) is 0 Å². The molecular formula is C12H14N3NaO6S. The van der Waals surface area contributed by atoms with Crippen molar-refractivity contribution in [2.24, 2.45) is 0 Å². The fraction of sp³-hybridized carbons (Fsp3) is 0.333. The Labute approximate surface area is 154 Å². The number of rotatable bonds is 2. The maximum atomic E-state index is 12.2. The zero-order valence-electron chi connectivity index (χ0n) is 11.2. The number of β-lactam (4-membered cyclic amide) rings is 1. The van der Waals surface area contributed by atoms with E-state index in [4.69, 9.17) is 4.55 Å². The first-order valence-electron chi connectivity index (χ1n) is 6.46. The molecule has 0 saturated carbocycles. The number of carbonyl (C=O) groups is 2. The third-order valence-electron chi connectivity index (χ3n) is 3.77. The number of nitrogens with one attached hydrogen (secondary N) is 1. The Morgan fingerprint density at radius 2 is 1.87 bits per heavy atom. The van der Waals surface area contributed by atoms with Crippen molar-refractivity contribution in [1.29, 1.82) is 0 Å². The molecule has 3 N–H and O–H groups in total. The number of phenols is 1. The van der Waals surface area contributed by atoms with Crippen LogP contribution in [0.5, 0.6) is 5.75 Å². The van der Waals surface area contributed by atoms with Crippen LogP contribution in [-0.4, -0.2) is 87.4 Å². The molecule has 2 aliphatic rings. The molecule has 0 unspecified atom stereocenters. The van der Waals surface area contributed by atoms with Gasteiger partial charge in [0.25, 0.3) is 5.91 Å². The number of hydrogen-bond acceptors (Lipinski definition) is 5. The van der Waals surface area contributed by atoms with Crippen LogP contribution in [-0.2, 0) is 15.1 Å². The molecule has 0 spiro atoms. The van der Waals surface area contributed by atoms with Gasteiger partial charge in [-0.2, -0.15) is 8.42 Å². The van der Waals surface area contributed by atoms with E-state index in [9.17, 15) is 23.1 Å². The second kappa shape index (κ2) is 6.29. The van der Waals surface area contributed by atoms with Gasteiger partial charge in [0.05, 0.1) is 6.04 Å². The average Bonchev–Trinajstić information content (AvgIpc) is 2.78. The summed E-state index contributed by atoms with van der Waals surface area (Å²) in [5.74, 6) is -0.761. The Morgan fingerprint density at radius 1 is 1.26 bits per heavy atom. The molecule has 3 rings (SSSR count). The van der Waals surface area contributed by atoms with Crippen molar-refractivity contribution in [3.8, 4) is 5.75 Å². The number of aromatic hydroxyl groups is 1. The standard InChI is InChI=1S/C12H13N3O6S.Na.H/c16-8-3-1-7(2-4-8)13-12(18)14-6-5-9-10(14)11(17)15(9)22(19,20)21;;/h1-4,9-10,16H,5-6H2,(H,13,18)(H,19,20,21);;/t9-,10+;;/m1../s1. The number of nitrogens with zero attached hydrogens (tertiary/aromatic N) is 2. The van der Waals surface area contributed by atoms with Crippen molar-refractivity contribution in [3.05, 3.63) is 24.3 Å². The molecule has 1 aromatic carbocycles. The van der Waals surface area contributed by atoms with Crippen LogP contribution in [0.1, 0.15) is 6.42 Å². The van der Waals surface area contributed by atoms with Crippen LogP contribution in [0.3, 0.4) is 0 Å². The Hall–Kier alpha value is -1.33. The van der Waals surface area contributed by atoms with E-state index in [1.165, 1.54) is 29.2 Å². The van der Waals surface area contributed by atoms with E-state index in [0.717, 1.165) is 0 Å². The number of likely N-dealkylation sites (tertiary alicyclic amines) is 1. The van der Waals surface area contributed by atoms with Crippen LogP contribution < -0.4 is 5.32 Å². The van der Waals surface area contributed by atoms with Gasteiger partial charge in [-0.05, 0) is 30.7 Å². The second-order valence-electron chi connectivity index (χ2n) is 5.08. The Morgan fingerprint density at radius 3 is 2.43 bits per heavy atom. The van der Waals surface area contributed by atoms with Crippen molar-refractivity contribution in [2.75, 3.05) is 11.9 Å². The van der Waals surface area contributed by atoms with Crippen LogP contribution in [0, 0.1) is 0 Å². The molecule has 11 heteroatoms. The molecule has 0 aliphatic carbocycles. The summed E-state index contributed by atoms with van der Waals surface area (Å²) in [6.07, 6.45) is 0.277. The Kier molecular flexibility index (Phi) is 4.92. The molecule has 2 saturated heterocycles. The summed E-state index contributed by atoms with van der Waals surface area (Å²) in [5.41, 5.74) is 0.435. The summed E-state index contributed by atoms with van der Waals surface area (Å²) >= 11 is 0. The number of hydrogen-bond donors (Lipinski definition) is 3. The van der Waals surface area contributed by atoms with Crippen LogP contribution in [0.4, 0.5) is 10.5 Å². The van der Waals surface area contributed by atoms with Crippen molar-refractivity contribution in [2.45, 2.75) is 18.5 Å². The number of amides is 3. The number of carbonyl (C=O) groups excluding carboxylic acids is 2. The molecule has 3 amide bonds. The predicted molar refractivity (Wildman–Crippen MR) is 81.6 cm³/mol. The minimum absolute atomic E-state index is 0. The normalized spacial score (nSPS) is 22.9. The van der Waals surface area contributed by atoms with E-state index in [2.05, 4.69) is 5.32 Å². The van der Waals surface area contributed by atoms with Crippen LogP contribution in [0.25, 0.3) is 0 Å². The van der Waals surface area contributed by atoms with E-state index < -0.39 is 34.3 Å². The number of phenolic OH excluding ortho intramolecular Hbond substituents is 1. The number of urea groups is 1. The van der Waals surface area contributed by atoms with Gasteiger partial charge < -0.3 is 15.3 Å². The average molecular weight is 351 g/mol. The quantitative estimate of drug-likeness (QED) is 0.282. The summed E-state index contributed by atoms with van der Waals surface area (Å²) in [6, 6.07) is 3.66. The van der Waals surface area contributed by atoms with E-state index >= 15 is 0 Å². The molecule has 0 aromatic heterocycles. The van der Waals surface area contributed by atoms with Crippen LogP contribution in [0.2, 0.25) is 0 Å². The minimum atomic E-state index is -4.58. The van der Waals surface area contributed by atoms with E-state index in [1.54, 1.807) is 0 Å². The summed E-state index contributed by atoms with van der Waals surface area (Å²) in [7, 11) is -4.58. The van der Waals surface area contributed by atoms with Crippen molar-refractivity contribution in [1.82, 2.24) is 9.21 Å². The molecule has 0 radical (unpaired) electrons. The SMILES string of the molecule is O=C(Nc1ccc(O)cc1)N1CC[C@@H]2[C@H]1C(=O)N2S(=O)(=O)O.[NaH]. The van der Waals surface area contributed by atoms with Gasteiger partial charge in [0.15, 0.2) is 0 Å². The molecular weight excluding hydrogens is 337 g/mol. The zero-order chi connectivity index (χ0) is 16.1. The molecule has 23 heavy (non-hydrogen) atoms. The maximum absolute atomic E-state index is 12.2. The second-order valence-corrected chi connectivity index (χ2v) is 6.37. The molecule has 2 fully saturated rings. The molecule has 120 valence electrons. The van der Waals surface area contributed by atoms with Gasteiger partial charge in [0, 0.05) is 12.2 Å². The molecule has 1 aromatic rings.